The quantitative estimate of drug-likeness (QED) is 0.616. The fourth-order valence-electron chi connectivity index (χ4n) is 6.50. The molecule has 0 spiro atoms. The second-order valence-corrected chi connectivity index (χ2v) is 9.85. The molecular weight excluding hydrogens is 388 g/mol. The highest BCUT2D eigenvalue weighted by atomic mass is 35.5. The Morgan fingerprint density at radius 2 is 1.72 bits per heavy atom. The Morgan fingerprint density at radius 1 is 1.07 bits per heavy atom. The second kappa shape index (κ2) is 6.36. The van der Waals surface area contributed by atoms with Crippen molar-refractivity contribution < 1.29 is 9.30 Å². The molecule has 4 aliphatic carbocycles. The van der Waals surface area contributed by atoms with E-state index >= 15 is 0 Å². The maximum atomic E-state index is 6.17. The second-order valence-electron chi connectivity index (χ2n) is 9.42. The Bertz CT molecular complexity index is 1040. The molecular formula is C21H24ClN6O+. The van der Waals surface area contributed by atoms with Crippen molar-refractivity contribution in [3.63, 3.8) is 0 Å². The van der Waals surface area contributed by atoms with Crippen molar-refractivity contribution >= 4 is 22.6 Å². The van der Waals surface area contributed by atoms with Crippen LogP contribution in [0.15, 0.2) is 24.5 Å². The Balaban J connectivity index is 1.21. The predicted molar refractivity (Wildman–Crippen MR) is 107 cm³/mol. The van der Waals surface area contributed by atoms with E-state index in [4.69, 9.17) is 16.3 Å². The van der Waals surface area contributed by atoms with Crippen LogP contribution in [-0.2, 0) is 7.05 Å². The molecule has 7 rings (SSSR count). The van der Waals surface area contributed by atoms with Crippen molar-refractivity contribution in [3.8, 4) is 12.0 Å². The standard InChI is InChI=1S/C21H24ClN6O/c1-27-12-28(18-7-16(22)2-3-17(18)27)19-23-25-20(26-24-19)29-11-21-8-13-4-14(9-21)6-15(5-13)10-21/h2-3,7,12-15H,4-6,8-11H2,1H3/q+1. The zero-order valence-corrected chi connectivity index (χ0v) is 17.2. The third kappa shape index (κ3) is 2.98. The Morgan fingerprint density at radius 3 is 2.38 bits per heavy atom. The van der Waals surface area contributed by atoms with Gasteiger partial charge in [0.25, 0.3) is 6.33 Å². The first kappa shape index (κ1) is 17.6. The van der Waals surface area contributed by atoms with E-state index in [1.165, 1.54) is 38.5 Å². The van der Waals surface area contributed by atoms with Crippen LogP contribution in [0.25, 0.3) is 17.0 Å². The summed E-state index contributed by atoms with van der Waals surface area (Å²) in [6.07, 6.45) is 10.1. The molecule has 29 heavy (non-hydrogen) atoms. The van der Waals surface area contributed by atoms with Gasteiger partial charge in [0.1, 0.15) is 0 Å². The third-order valence-electron chi connectivity index (χ3n) is 7.20. The molecule has 8 heteroatoms. The summed E-state index contributed by atoms with van der Waals surface area (Å²) in [5.41, 5.74) is 2.25. The molecule has 0 saturated heterocycles. The summed E-state index contributed by atoms with van der Waals surface area (Å²) in [7, 11) is 1.97. The predicted octanol–water partition coefficient (Wildman–Crippen LogP) is 3.28. The SMILES string of the molecule is C[n+]1cn(-c2nnc(OCC34CC5CC(CC(C5)C3)C4)nn2)c2cc(Cl)ccc21. The highest BCUT2D eigenvalue weighted by molar-refractivity contribution is 6.31. The van der Waals surface area contributed by atoms with Crippen molar-refractivity contribution in [3.05, 3.63) is 29.5 Å². The average molecular weight is 412 g/mol. The highest BCUT2D eigenvalue weighted by Gasteiger charge is 2.51. The number of benzene rings is 1. The maximum absolute atomic E-state index is 6.17. The van der Waals surface area contributed by atoms with Gasteiger partial charge in [-0.15, -0.1) is 0 Å². The van der Waals surface area contributed by atoms with Gasteiger partial charge in [-0.2, -0.15) is 4.57 Å². The van der Waals surface area contributed by atoms with Crippen LogP contribution in [0.4, 0.5) is 0 Å². The molecule has 4 aliphatic rings. The lowest BCUT2D eigenvalue weighted by molar-refractivity contribution is -0.645. The minimum atomic E-state index is 0.267. The summed E-state index contributed by atoms with van der Waals surface area (Å²) in [5, 5.41) is 17.6. The minimum Gasteiger partial charge on any atom is -0.461 e. The number of rotatable bonds is 4. The van der Waals surface area contributed by atoms with Crippen LogP contribution in [0.3, 0.4) is 0 Å². The van der Waals surface area contributed by atoms with Crippen LogP contribution in [0.5, 0.6) is 6.01 Å². The van der Waals surface area contributed by atoms with E-state index in [-0.39, 0.29) is 6.01 Å². The summed E-state index contributed by atoms with van der Waals surface area (Å²) >= 11 is 6.17. The lowest BCUT2D eigenvalue weighted by Gasteiger charge is -2.56. The molecule has 7 nitrogen and oxygen atoms in total. The number of halogens is 1. The normalized spacial score (nSPS) is 30.2. The van der Waals surface area contributed by atoms with Gasteiger partial charge >= 0.3 is 12.0 Å². The van der Waals surface area contributed by atoms with Gasteiger partial charge in [0.05, 0.1) is 13.7 Å². The van der Waals surface area contributed by atoms with Gasteiger partial charge in [0.15, 0.2) is 11.0 Å². The molecule has 2 heterocycles. The van der Waals surface area contributed by atoms with Crippen LogP contribution >= 0.6 is 11.6 Å². The number of aromatic nitrogens is 6. The number of imidazole rings is 1. The van der Waals surface area contributed by atoms with E-state index in [9.17, 15) is 0 Å². The topological polar surface area (TPSA) is 69.6 Å². The largest absolute Gasteiger partial charge is 0.461 e. The monoisotopic (exact) mass is 411 g/mol. The van der Waals surface area contributed by atoms with Crippen LogP contribution in [0.2, 0.25) is 5.02 Å². The Hall–Kier alpha value is -2.28. The summed E-state index contributed by atoms with van der Waals surface area (Å²) < 4.78 is 9.84. The molecule has 0 unspecified atom stereocenters. The fraction of sp³-hybridized carbons (Fsp3) is 0.571. The molecule has 4 fully saturated rings. The number of nitrogens with zero attached hydrogens (tertiary/aromatic N) is 6. The van der Waals surface area contributed by atoms with Gasteiger partial charge in [-0.25, -0.2) is 4.57 Å². The lowest BCUT2D eigenvalue weighted by atomic mass is 9.50. The van der Waals surface area contributed by atoms with Crippen molar-refractivity contribution in [2.24, 2.45) is 30.2 Å². The maximum Gasteiger partial charge on any atom is 0.364 e. The molecule has 0 aliphatic heterocycles. The number of ether oxygens (including phenoxy) is 1. The van der Waals surface area contributed by atoms with Gasteiger partial charge in [0, 0.05) is 16.5 Å². The van der Waals surface area contributed by atoms with Gasteiger partial charge in [-0.3, -0.25) is 0 Å². The molecule has 0 amide bonds. The van der Waals surface area contributed by atoms with E-state index in [0.717, 1.165) is 28.8 Å². The van der Waals surface area contributed by atoms with Crippen molar-refractivity contribution in [2.45, 2.75) is 38.5 Å². The third-order valence-corrected chi connectivity index (χ3v) is 7.44. The van der Waals surface area contributed by atoms with Crippen LogP contribution < -0.4 is 9.30 Å². The van der Waals surface area contributed by atoms with Crippen molar-refractivity contribution in [1.82, 2.24) is 25.0 Å². The molecule has 0 N–H and O–H groups in total. The molecule has 4 saturated carbocycles. The van der Waals surface area contributed by atoms with E-state index in [1.54, 1.807) is 0 Å². The highest BCUT2D eigenvalue weighted by Crippen LogP contribution is 2.59. The van der Waals surface area contributed by atoms with E-state index < -0.39 is 0 Å². The number of hydrogen-bond donors (Lipinski definition) is 0. The fourth-order valence-corrected chi connectivity index (χ4v) is 6.66. The summed E-state index contributed by atoms with van der Waals surface area (Å²) in [6.45, 7) is 0.691. The summed E-state index contributed by atoms with van der Waals surface area (Å²) in [5.74, 6) is 3.11. The number of fused-ring (bicyclic) bond motifs is 1. The number of aryl methyl sites for hydroxylation is 1. The first-order chi connectivity index (χ1) is 14.1. The molecule has 3 aromatic rings. The van der Waals surface area contributed by atoms with Crippen LogP contribution in [-0.4, -0.2) is 31.6 Å². The van der Waals surface area contributed by atoms with E-state index in [2.05, 4.69) is 20.4 Å². The van der Waals surface area contributed by atoms with Crippen LogP contribution in [0, 0.1) is 23.2 Å². The first-order valence-electron chi connectivity index (χ1n) is 10.4. The van der Waals surface area contributed by atoms with Gasteiger partial charge < -0.3 is 4.74 Å². The minimum absolute atomic E-state index is 0.267. The van der Waals surface area contributed by atoms with Crippen LogP contribution in [0.1, 0.15) is 38.5 Å². The molecule has 0 atom stereocenters. The molecule has 2 aromatic heterocycles. The van der Waals surface area contributed by atoms with Gasteiger partial charge in [-0.05, 0) is 68.4 Å². The summed E-state index contributed by atoms with van der Waals surface area (Å²) in [4.78, 5) is 0. The zero-order valence-electron chi connectivity index (χ0n) is 16.5. The lowest BCUT2D eigenvalue weighted by Crippen LogP contribution is -2.48. The smallest absolute Gasteiger partial charge is 0.364 e. The van der Waals surface area contributed by atoms with E-state index in [0.29, 0.717) is 23.0 Å². The molecule has 150 valence electrons. The summed E-state index contributed by atoms with van der Waals surface area (Å²) in [6, 6.07) is 5.99. The molecule has 1 aromatic carbocycles. The van der Waals surface area contributed by atoms with E-state index in [1.807, 2.05) is 40.7 Å². The molecule has 4 bridgehead atoms. The Kier molecular flexibility index (Phi) is 3.85. The van der Waals surface area contributed by atoms with Crippen molar-refractivity contribution in [1.29, 1.82) is 0 Å². The van der Waals surface area contributed by atoms with Crippen molar-refractivity contribution in [2.75, 3.05) is 6.61 Å². The van der Waals surface area contributed by atoms with Gasteiger partial charge in [0.2, 0.25) is 0 Å². The zero-order chi connectivity index (χ0) is 19.6. The average Bonchev–Trinajstić information content (AvgIpc) is 3.02. The van der Waals surface area contributed by atoms with Gasteiger partial charge in [-0.1, -0.05) is 32.0 Å². The Labute approximate surface area is 174 Å². The molecule has 0 radical (unpaired) electrons. The first-order valence-corrected chi connectivity index (χ1v) is 10.8. The number of hydrogen-bond acceptors (Lipinski definition) is 5.